The summed E-state index contributed by atoms with van der Waals surface area (Å²) in [6.07, 6.45) is 2.91. The minimum Gasteiger partial charge on any atom is -0.220 e. The molecule has 0 atom stereocenters. The molecule has 0 aliphatic rings. The van der Waals surface area contributed by atoms with Crippen LogP contribution in [0, 0.1) is 6.92 Å². The third-order valence-corrected chi connectivity index (χ3v) is 5.86. The van der Waals surface area contributed by atoms with Gasteiger partial charge in [-0.15, -0.1) is 11.3 Å². The predicted molar refractivity (Wildman–Crippen MR) is 128 cm³/mol. The second-order valence-electron chi connectivity index (χ2n) is 7.01. The molecule has 0 saturated carbocycles. The van der Waals surface area contributed by atoms with E-state index in [-0.39, 0.29) is 0 Å². The van der Waals surface area contributed by atoms with E-state index >= 15 is 0 Å². The van der Waals surface area contributed by atoms with Crippen molar-refractivity contribution in [1.29, 1.82) is 0 Å². The summed E-state index contributed by atoms with van der Waals surface area (Å²) in [6, 6.07) is 24.4. The van der Waals surface area contributed by atoms with Gasteiger partial charge in [0.1, 0.15) is 0 Å². The van der Waals surface area contributed by atoms with Crippen LogP contribution in [0.5, 0.6) is 0 Å². The van der Waals surface area contributed by atoms with E-state index in [4.69, 9.17) is 21.7 Å². The van der Waals surface area contributed by atoms with E-state index in [1.54, 1.807) is 11.3 Å². The first-order valence-corrected chi connectivity index (χ1v) is 11.1. The molecule has 1 aromatic heterocycles. The van der Waals surface area contributed by atoms with Crippen LogP contribution in [0.15, 0.2) is 88.3 Å². The lowest BCUT2D eigenvalue weighted by Crippen LogP contribution is -2.11. The lowest BCUT2D eigenvalue weighted by molar-refractivity contribution is 0.854. The number of nitrogens with zero attached hydrogens (tertiary/aromatic N) is 3. The molecule has 0 bridgehead atoms. The van der Waals surface area contributed by atoms with Crippen LogP contribution in [0.2, 0.25) is 5.02 Å². The van der Waals surface area contributed by atoms with Crippen LogP contribution in [0.3, 0.4) is 0 Å². The van der Waals surface area contributed by atoms with Gasteiger partial charge in [0.15, 0.2) is 0 Å². The molecule has 4 rings (SSSR count). The standard InChI is InChI=1S/C25H22ClN3S/c1-3-19-6-8-20(9-7-19)16-27-29-24(21-10-4-18(2)5-11-21)17-30-25(29)28-23-14-12-22(26)13-15-23/h4-17H,3H2,1-2H3. The summed E-state index contributed by atoms with van der Waals surface area (Å²) in [7, 11) is 0. The van der Waals surface area contributed by atoms with Gasteiger partial charge in [0.25, 0.3) is 0 Å². The van der Waals surface area contributed by atoms with E-state index in [1.807, 2.05) is 35.2 Å². The van der Waals surface area contributed by atoms with Crippen molar-refractivity contribution in [3.05, 3.63) is 105 Å². The number of thiazole rings is 1. The summed E-state index contributed by atoms with van der Waals surface area (Å²) in [5.41, 5.74) is 6.55. The molecule has 30 heavy (non-hydrogen) atoms. The molecule has 5 heteroatoms. The molecule has 0 saturated heterocycles. The van der Waals surface area contributed by atoms with E-state index in [0.717, 1.165) is 33.7 Å². The van der Waals surface area contributed by atoms with E-state index in [9.17, 15) is 0 Å². The number of aromatic nitrogens is 1. The van der Waals surface area contributed by atoms with Crippen molar-refractivity contribution in [1.82, 2.24) is 4.68 Å². The number of benzene rings is 3. The Morgan fingerprint density at radius 2 is 1.63 bits per heavy atom. The van der Waals surface area contributed by atoms with Gasteiger partial charge in [0, 0.05) is 16.0 Å². The number of hydrogen-bond donors (Lipinski definition) is 0. The Kier molecular flexibility index (Phi) is 6.26. The smallest absolute Gasteiger partial charge is 0.211 e. The van der Waals surface area contributed by atoms with Crippen molar-refractivity contribution in [2.24, 2.45) is 10.1 Å². The molecule has 0 amide bonds. The average molecular weight is 432 g/mol. The molecular formula is C25H22ClN3S. The van der Waals surface area contributed by atoms with Crippen molar-refractivity contribution in [2.75, 3.05) is 0 Å². The van der Waals surface area contributed by atoms with E-state index < -0.39 is 0 Å². The Balaban J connectivity index is 1.79. The average Bonchev–Trinajstić information content (AvgIpc) is 3.17. The molecular weight excluding hydrogens is 410 g/mol. The molecule has 0 unspecified atom stereocenters. The number of halogens is 1. The molecule has 0 aliphatic heterocycles. The summed E-state index contributed by atoms with van der Waals surface area (Å²) < 4.78 is 1.90. The lowest BCUT2D eigenvalue weighted by atomic mass is 10.1. The fraction of sp³-hybridized carbons (Fsp3) is 0.120. The van der Waals surface area contributed by atoms with E-state index in [1.165, 1.54) is 11.1 Å². The maximum atomic E-state index is 6.01. The van der Waals surface area contributed by atoms with Crippen molar-refractivity contribution < 1.29 is 0 Å². The minimum absolute atomic E-state index is 0.696. The van der Waals surface area contributed by atoms with Gasteiger partial charge < -0.3 is 0 Å². The highest BCUT2D eigenvalue weighted by atomic mass is 35.5. The van der Waals surface area contributed by atoms with Crippen LogP contribution >= 0.6 is 22.9 Å². The molecule has 1 heterocycles. The number of hydrogen-bond acceptors (Lipinski definition) is 3. The SMILES string of the molecule is CCc1ccc(C=Nn2c(-c3ccc(C)cc3)csc2=Nc2ccc(Cl)cc2)cc1. The van der Waals surface area contributed by atoms with Crippen molar-refractivity contribution in [2.45, 2.75) is 20.3 Å². The Hall–Kier alpha value is -2.95. The fourth-order valence-electron chi connectivity index (χ4n) is 3.00. The molecule has 0 N–H and O–H groups in total. The van der Waals surface area contributed by atoms with Crippen LogP contribution in [0.1, 0.15) is 23.6 Å². The Bertz CT molecular complexity index is 1220. The summed E-state index contributed by atoms with van der Waals surface area (Å²) >= 11 is 7.58. The molecule has 4 aromatic rings. The first-order chi connectivity index (χ1) is 14.6. The molecule has 3 aromatic carbocycles. The van der Waals surface area contributed by atoms with Crippen LogP contribution in [0.25, 0.3) is 11.3 Å². The van der Waals surface area contributed by atoms with E-state index in [2.05, 4.69) is 67.8 Å². The summed E-state index contributed by atoms with van der Waals surface area (Å²) in [6.45, 7) is 4.24. The van der Waals surface area contributed by atoms with Crippen LogP contribution < -0.4 is 4.80 Å². The highest BCUT2D eigenvalue weighted by Gasteiger charge is 2.08. The maximum Gasteiger partial charge on any atom is 0.211 e. The van der Waals surface area contributed by atoms with Gasteiger partial charge in [-0.05, 0) is 48.7 Å². The topological polar surface area (TPSA) is 29.6 Å². The van der Waals surface area contributed by atoms with Gasteiger partial charge in [0.2, 0.25) is 4.80 Å². The lowest BCUT2D eigenvalue weighted by Gasteiger charge is -2.04. The fourth-order valence-corrected chi connectivity index (χ4v) is 3.98. The normalized spacial score (nSPS) is 12.0. The Morgan fingerprint density at radius 3 is 2.30 bits per heavy atom. The van der Waals surface area contributed by atoms with Crippen molar-refractivity contribution in [3.63, 3.8) is 0 Å². The zero-order valence-electron chi connectivity index (χ0n) is 16.9. The number of rotatable bonds is 5. The molecule has 0 radical (unpaired) electrons. The van der Waals surface area contributed by atoms with Gasteiger partial charge in [-0.1, -0.05) is 72.6 Å². The zero-order chi connectivity index (χ0) is 20.9. The molecule has 0 fully saturated rings. The molecule has 0 aliphatic carbocycles. The second kappa shape index (κ2) is 9.24. The van der Waals surface area contributed by atoms with Crippen LogP contribution in [0.4, 0.5) is 5.69 Å². The predicted octanol–water partition coefficient (Wildman–Crippen LogP) is 6.86. The van der Waals surface area contributed by atoms with Gasteiger partial charge in [0.05, 0.1) is 17.6 Å². The monoisotopic (exact) mass is 431 g/mol. The highest BCUT2D eigenvalue weighted by molar-refractivity contribution is 7.07. The van der Waals surface area contributed by atoms with E-state index in [0.29, 0.717) is 5.02 Å². The van der Waals surface area contributed by atoms with Crippen LogP contribution in [-0.4, -0.2) is 10.9 Å². The molecule has 3 nitrogen and oxygen atoms in total. The zero-order valence-corrected chi connectivity index (χ0v) is 18.5. The summed E-state index contributed by atoms with van der Waals surface area (Å²) in [5, 5.41) is 7.58. The first-order valence-electron chi connectivity index (χ1n) is 9.83. The number of aryl methyl sites for hydroxylation is 2. The quantitative estimate of drug-likeness (QED) is 0.309. The highest BCUT2D eigenvalue weighted by Crippen LogP contribution is 2.22. The Labute approximate surface area is 185 Å². The first kappa shape index (κ1) is 20.3. The molecule has 150 valence electrons. The largest absolute Gasteiger partial charge is 0.220 e. The van der Waals surface area contributed by atoms with Crippen LogP contribution in [-0.2, 0) is 6.42 Å². The van der Waals surface area contributed by atoms with Gasteiger partial charge in [-0.2, -0.15) is 5.10 Å². The van der Waals surface area contributed by atoms with Crippen molar-refractivity contribution in [3.8, 4) is 11.3 Å². The van der Waals surface area contributed by atoms with Gasteiger partial charge in [-0.25, -0.2) is 9.67 Å². The second-order valence-corrected chi connectivity index (χ2v) is 8.28. The van der Waals surface area contributed by atoms with Gasteiger partial charge in [-0.3, -0.25) is 0 Å². The third kappa shape index (κ3) is 4.78. The Morgan fingerprint density at radius 1 is 0.933 bits per heavy atom. The third-order valence-electron chi connectivity index (χ3n) is 4.79. The maximum absolute atomic E-state index is 6.01. The van der Waals surface area contributed by atoms with Gasteiger partial charge >= 0.3 is 0 Å². The minimum atomic E-state index is 0.696. The summed E-state index contributed by atoms with van der Waals surface area (Å²) in [4.78, 5) is 5.59. The molecule has 0 spiro atoms. The van der Waals surface area contributed by atoms with Crippen molar-refractivity contribution >= 4 is 34.8 Å². The summed E-state index contributed by atoms with van der Waals surface area (Å²) in [5.74, 6) is 0.